The van der Waals surface area contributed by atoms with Crippen molar-refractivity contribution in [3.63, 3.8) is 0 Å². The number of thiazole rings is 1. The Morgan fingerprint density at radius 3 is 2.86 bits per heavy atom. The van der Waals surface area contributed by atoms with Crippen LogP contribution in [0.2, 0.25) is 0 Å². The van der Waals surface area contributed by atoms with Crippen molar-refractivity contribution >= 4 is 34.0 Å². The Hall–Kier alpha value is -2.45. The Morgan fingerprint density at radius 1 is 1.28 bits per heavy atom. The number of benzene rings is 1. The number of hydrogen-bond donors (Lipinski definition) is 1. The molecule has 1 aliphatic heterocycles. The molecule has 1 fully saturated rings. The third-order valence-electron chi connectivity index (χ3n) is 5.60. The molecule has 0 saturated carbocycles. The summed E-state index contributed by atoms with van der Waals surface area (Å²) < 4.78 is 5.40. The maximum Gasteiger partial charge on any atom is 0.244 e. The minimum Gasteiger partial charge on any atom is -0.495 e. The van der Waals surface area contributed by atoms with E-state index in [9.17, 15) is 9.59 Å². The van der Waals surface area contributed by atoms with Crippen molar-refractivity contribution in [1.82, 2.24) is 9.88 Å². The monoisotopic (exact) mass is 414 g/mol. The van der Waals surface area contributed by atoms with E-state index in [0.717, 1.165) is 24.2 Å². The summed E-state index contributed by atoms with van der Waals surface area (Å²) in [5.74, 6) is 0.520. The van der Waals surface area contributed by atoms with Crippen LogP contribution in [0.4, 0.5) is 10.8 Å². The summed E-state index contributed by atoms with van der Waals surface area (Å²) in [6.07, 6.45) is 4.41. The number of carbonyl (C=O) groups is 2. The number of nitrogens with one attached hydrogen (secondary N) is 1. The van der Waals surface area contributed by atoms with Crippen molar-refractivity contribution in [2.24, 2.45) is 0 Å². The summed E-state index contributed by atoms with van der Waals surface area (Å²) in [5, 5.41) is 3.60. The van der Waals surface area contributed by atoms with Gasteiger partial charge in [-0.3, -0.25) is 14.5 Å². The molecule has 1 aromatic heterocycles. The lowest BCUT2D eigenvalue weighted by atomic mass is 10.0. The predicted octanol–water partition coefficient (Wildman–Crippen LogP) is 2.71. The molecule has 1 N–H and O–H groups in total. The molecule has 1 atom stereocenters. The lowest BCUT2D eigenvalue weighted by Gasteiger charge is -2.39. The first-order chi connectivity index (χ1) is 14.1. The van der Waals surface area contributed by atoms with Gasteiger partial charge in [0.05, 0.1) is 31.1 Å². The molecule has 0 spiro atoms. The van der Waals surface area contributed by atoms with Gasteiger partial charge in [-0.05, 0) is 44.7 Å². The van der Waals surface area contributed by atoms with Crippen LogP contribution in [0.25, 0.3) is 0 Å². The summed E-state index contributed by atoms with van der Waals surface area (Å²) in [7, 11) is 1.60. The smallest absolute Gasteiger partial charge is 0.244 e. The van der Waals surface area contributed by atoms with Gasteiger partial charge in [-0.2, -0.15) is 0 Å². The number of nitrogens with zero attached hydrogens (tertiary/aromatic N) is 3. The Morgan fingerprint density at radius 2 is 2.07 bits per heavy atom. The molecule has 2 aliphatic rings. The molecule has 2 heterocycles. The fraction of sp³-hybridized carbons (Fsp3) is 0.476. The number of para-hydroxylation sites is 2. The lowest BCUT2D eigenvalue weighted by Crippen LogP contribution is -2.57. The zero-order valence-electron chi connectivity index (χ0n) is 16.8. The van der Waals surface area contributed by atoms with Gasteiger partial charge < -0.3 is 15.0 Å². The quantitative estimate of drug-likeness (QED) is 0.814. The second kappa shape index (κ2) is 8.51. The van der Waals surface area contributed by atoms with Crippen LogP contribution in [-0.4, -0.2) is 54.5 Å². The van der Waals surface area contributed by atoms with Crippen molar-refractivity contribution in [2.75, 3.05) is 37.0 Å². The first-order valence-corrected chi connectivity index (χ1v) is 10.9. The number of ether oxygens (including phenoxy) is 1. The molecule has 2 amide bonds. The maximum atomic E-state index is 13.0. The number of piperazine rings is 1. The van der Waals surface area contributed by atoms with Gasteiger partial charge in [-0.15, -0.1) is 11.3 Å². The SMILES string of the molecule is COc1ccccc1N1CCN(CC(=O)Nc2nc3c(s2)CCCC3)[C@@H](C)C1=O. The molecule has 29 heavy (non-hydrogen) atoms. The highest BCUT2D eigenvalue weighted by Crippen LogP contribution is 2.31. The molecule has 0 radical (unpaired) electrons. The van der Waals surface area contributed by atoms with Gasteiger partial charge in [0, 0.05) is 18.0 Å². The zero-order chi connectivity index (χ0) is 20.4. The average molecular weight is 415 g/mol. The third-order valence-corrected chi connectivity index (χ3v) is 6.67. The molecule has 4 rings (SSSR count). The first kappa shape index (κ1) is 19.8. The van der Waals surface area contributed by atoms with Gasteiger partial charge in [0.15, 0.2) is 5.13 Å². The normalized spacial score (nSPS) is 19.7. The van der Waals surface area contributed by atoms with Gasteiger partial charge in [-0.1, -0.05) is 12.1 Å². The number of carbonyl (C=O) groups excluding carboxylic acids is 2. The molecule has 1 aliphatic carbocycles. The van der Waals surface area contributed by atoms with Gasteiger partial charge in [0.25, 0.3) is 0 Å². The zero-order valence-corrected chi connectivity index (χ0v) is 17.6. The number of amides is 2. The van der Waals surface area contributed by atoms with Gasteiger partial charge in [0.2, 0.25) is 11.8 Å². The molecule has 1 saturated heterocycles. The van der Waals surface area contributed by atoms with Crippen LogP contribution >= 0.6 is 11.3 Å². The number of hydrogen-bond acceptors (Lipinski definition) is 6. The van der Waals surface area contributed by atoms with Crippen LogP contribution in [0.3, 0.4) is 0 Å². The second-order valence-corrected chi connectivity index (χ2v) is 8.54. The standard InChI is InChI=1S/C21H26N4O3S/c1-14-20(27)25(16-8-4-5-9-17(16)28-2)12-11-24(14)13-19(26)23-21-22-15-7-3-6-10-18(15)29-21/h4-5,8-9,14H,3,6-7,10-13H2,1-2H3,(H,22,23,26)/t14-/m0/s1. The van der Waals surface area contributed by atoms with E-state index >= 15 is 0 Å². The first-order valence-electron chi connectivity index (χ1n) is 10.0. The van der Waals surface area contributed by atoms with E-state index in [-0.39, 0.29) is 24.4 Å². The number of fused-ring (bicyclic) bond motifs is 1. The summed E-state index contributed by atoms with van der Waals surface area (Å²) in [6, 6.07) is 7.12. The number of methoxy groups -OCH3 is 1. The van der Waals surface area contributed by atoms with Crippen LogP contribution in [0.1, 0.15) is 30.3 Å². The molecule has 1 aromatic carbocycles. The van der Waals surface area contributed by atoms with Crippen LogP contribution in [0.15, 0.2) is 24.3 Å². The van der Waals surface area contributed by atoms with E-state index in [1.165, 1.54) is 17.7 Å². The van der Waals surface area contributed by atoms with E-state index in [1.807, 2.05) is 36.1 Å². The van der Waals surface area contributed by atoms with Crippen LogP contribution in [-0.2, 0) is 22.4 Å². The fourth-order valence-electron chi connectivity index (χ4n) is 3.97. The highest BCUT2D eigenvalue weighted by molar-refractivity contribution is 7.15. The number of rotatable bonds is 5. The molecule has 7 nitrogen and oxygen atoms in total. The number of aryl methyl sites for hydroxylation is 2. The van der Waals surface area contributed by atoms with E-state index < -0.39 is 0 Å². The molecule has 0 unspecified atom stereocenters. The molecule has 0 bridgehead atoms. The molecule has 8 heteroatoms. The number of anilines is 2. The van der Waals surface area contributed by atoms with Gasteiger partial charge in [0.1, 0.15) is 5.75 Å². The lowest BCUT2D eigenvalue weighted by molar-refractivity contribution is -0.127. The van der Waals surface area contributed by atoms with E-state index in [0.29, 0.717) is 24.0 Å². The topological polar surface area (TPSA) is 74.8 Å². The van der Waals surface area contributed by atoms with Crippen molar-refractivity contribution in [3.05, 3.63) is 34.8 Å². The van der Waals surface area contributed by atoms with Crippen LogP contribution < -0.4 is 15.0 Å². The summed E-state index contributed by atoms with van der Waals surface area (Å²) in [4.78, 5) is 35.0. The van der Waals surface area contributed by atoms with Gasteiger partial charge in [-0.25, -0.2) is 4.98 Å². The van der Waals surface area contributed by atoms with Crippen molar-refractivity contribution in [1.29, 1.82) is 0 Å². The molecular weight excluding hydrogens is 388 g/mol. The van der Waals surface area contributed by atoms with Crippen molar-refractivity contribution in [3.8, 4) is 5.75 Å². The number of aromatic nitrogens is 1. The van der Waals surface area contributed by atoms with E-state index in [2.05, 4.69) is 10.3 Å². The molecule has 2 aromatic rings. The average Bonchev–Trinajstić information content (AvgIpc) is 3.13. The van der Waals surface area contributed by atoms with Crippen molar-refractivity contribution in [2.45, 2.75) is 38.6 Å². The summed E-state index contributed by atoms with van der Waals surface area (Å²) >= 11 is 1.58. The minimum absolute atomic E-state index is 0.0294. The highest BCUT2D eigenvalue weighted by Gasteiger charge is 2.34. The maximum absolute atomic E-state index is 13.0. The van der Waals surface area contributed by atoms with Gasteiger partial charge >= 0.3 is 0 Å². The Bertz CT molecular complexity index is 890. The second-order valence-electron chi connectivity index (χ2n) is 7.45. The van der Waals surface area contributed by atoms with Crippen molar-refractivity contribution < 1.29 is 14.3 Å². The van der Waals surface area contributed by atoms with Crippen LogP contribution in [0.5, 0.6) is 5.75 Å². The predicted molar refractivity (Wildman–Crippen MR) is 114 cm³/mol. The summed E-state index contributed by atoms with van der Waals surface area (Å²) in [5.41, 5.74) is 1.90. The Kier molecular flexibility index (Phi) is 5.82. The van der Waals surface area contributed by atoms with Crippen LogP contribution in [0, 0.1) is 0 Å². The molecule has 154 valence electrons. The summed E-state index contributed by atoms with van der Waals surface area (Å²) in [6.45, 7) is 3.16. The van der Waals surface area contributed by atoms with E-state index in [4.69, 9.17) is 4.74 Å². The fourth-order valence-corrected chi connectivity index (χ4v) is 5.04. The molecular formula is C21H26N4O3S. The minimum atomic E-state index is -0.385. The Labute approximate surface area is 174 Å². The highest BCUT2D eigenvalue weighted by atomic mass is 32.1. The third kappa shape index (κ3) is 4.13. The van der Waals surface area contributed by atoms with E-state index in [1.54, 1.807) is 23.3 Å². The Balaban J connectivity index is 1.38. The largest absolute Gasteiger partial charge is 0.495 e.